The lowest BCUT2D eigenvalue weighted by Crippen LogP contribution is -2.44. The normalized spacial score (nSPS) is 18.4. The quantitative estimate of drug-likeness (QED) is 0.496. The van der Waals surface area contributed by atoms with Crippen molar-refractivity contribution in [1.29, 1.82) is 0 Å². The summed E-state index contributed by atoms with van der Waals surface area (Å²) in [5, 5.41) is 4.50. The fourth-order valence-electron chi connectivity index (χ4n) is 4.74. The molecule has 4 rings (SSSR count). The van der Waals surface area contributed by atoms with Crippen LogP contribution in [0.5, 0.6) is 0 Å². The Labute approximate surface area is 197 Å². The van der Waals surface area contributed by atoms with Gasteiger partial charge in [-0.3, -0.25) is 14.7 Å². The molecular formula is C28H37N3O2. The second-order valence-corrected chi connectivity index (χ2v) is 10.5. The number of fused-ring (bicyclic) bond motifs is 1. The molecule has 5 heteroatoms. The van der Waals surface area contributed by atoms with E-state index in [1.807, 2.05) is 45.2 Å². The number of aryl methyl sites for hydroxylation is 2. The predicted octanol–water partition coefficient (Wildman–Crippen LogP) is 6.09. The van der Waals surface area contributed by atoms with Crippen molar-refractivity contribution < 1.29 is 9.21 Å². The smallest absolute Gasteiger partial charge is 0.225 e. The molecule has 1 N–H and O–H groups in total. The minimum atomic E-state index is -0.442. The van der Waals surface area contributed by atoms with Crippen LogP contribution in [0.25, 0.3) is 11.0 Å². The van der Waals surface area contributed by atoms with E-state index in [9.17, 15) is 4.79 Å². The van der Waals surface area contributed by atoms with Gasteiger partial charge < -0.3 is 9.73 Å². The van der Waals surface area contributed by atoms with E-state index in [0.29, 0.717) is 6.04 Å². The highest BCUT2D eigenvalue weighted by Gasteiger charge is 2.31. The number of nitrogens with zero attached hydrogens (tertiary/aromatic N) is 2. The Bertz CT molecular complexity index is 1100. The van der Waals surface area contributed by atoms with Gasteiger partial charge in [0.2, 0.25) is 5.91 Å². The number of benzene rings is 1. The van der Waals surface area contributed by atoms with E-state index >= 15 is 0 Å². The maximum absolute atomic E-state index is 12.9. The Hall–Kier alpha value is -2.66. The Balaban J connectivity index is 1.56. The molecule has 2 atom stereocenters. The summed E-state index contributed by atoms with van der Waals surface area (Å²) in [6, 6.07) is 12.6. The zero-order valence-corrected chi connectivity index (χ0v) is 20.6. The molecule has 1 amide bonds. The van der Waals surface area contributed by atoms with Crippen LogP contribution in [0.3, 0.4) is 0 Å². The Morgan fingerprint density at radius 2 is 2.03 bits per heavy atom. The third-order valence-corrected chi connectivity index (χ3v) is 6.83. The van der Waals surface area contributed by atoms with E-state index in [-0.39, 0.29) is 11.9 Å². The number of carbonyl (C=O) groups is 1. The summed E-state index contributed by atoms with van der Waals surface area (Å²) in [6.07, 6.45) is 6.17. The van der Waals surface area contributed by atoms with Crippen molar-refractivity contribution >= 4 is 16.9 Å². The van der Waals surface area contributed by atoms with E-state index in [1.54, 1.807) is 0 Å². The lowest BCUT2D eigenvalue weighted by molar-refractivity contribution is -0.129. The fraction of sp³-hybridized carbons (Fsp3) is 0.500. The van der Waals surface area contributed by atoms with Gasteiger partial charge in [-0.1, -0.05) is 44.9 Å². The second-order valence-electron chi connectivity index (χ2n) is 10.5. The average Bonchev–Trinajstić information content (AvgIpc) is 3.09. The molecule has 3 heterocycles. The molecule has 176 valence electrons. The monoisotopic (exact) mass is 447 g/mol. The molecule has 5 nitrogen and oxygen atoms in total. The van der Waals surface area contributed by atoms with E-state index in [2.05, 4.69) is 47.2 Å². The lowest BCUT2D eigenvalue weighted by Gasteiger charge is -2.37. The van der Waals surface area contributed by atoms with Gasteiger partial charge in [-0.25, -0.2) is 0 Å². The van der Waals surface area contributed by atoms with Gasteiger partial charge in [0, 0.05) is 23.0 Å². The summed E-state index contributed by atoms with van der Waals surface area (Å²) in [7, 11) is 0. The first-order chi connectivity index (χ1) is 15.7. The third kappa shape index (κ3) is 5.47. The summed E-state index contributed by atoms with van der Waals surface area (Å²) in [5.74, 6) is 1.11. The fourth-order valence-corrected chi connectivity index (χ4v) is 4.74. The molecule has 0 spiro atoms. The molecule has 1 aromatic carbocycles. The van der Waals surface area contributed by atoms with E-state index in [4.69, 9.17) is 4.42 Å². The first kappa shape index (κ1) is 23.5. The van der Waals surface area contributed by atoms with Crippen LogP contribution in [-0.2, 0) is 11.3 Å². The Kier molecular flexibility index (Phi) is 6.89. The molecule has 33 heavy (non-hydrogen) atoms. The van der Waals surface area contributed by atoms with Crippen LogP contribution < -0.4 is 5.32 Å². The van der Waals surface area contributed by atoms with Crippen molar-refractivity contribution in [2.24, 2.45) is 5.41 Å². The number of nitrogens with one attached hydrogen (secondary N) is 1. The van der Waals surface area contributed by atoms with Crippen LogP contribution in [0.1, 0.15) is 75.1 Å². The van der Waals surface area contributed by atoms with Gasteiger partial charge in [0.1, 0.15) is 11.3 Å². The van der Waals surface area contributed by atoms with Gasteiger partial charge in [-0.05, 0) is 69.5 Å². The molecule has 1 fully saturated rings. The Morgan fingerprint density at radius 3 is 2.76 bits per heavy atom. The highest BCUT2D eigenvalue weighted by Crippen LogP contribution is 2.32. The van der Waals surface area contributed by atoms with Crippen molar-refractivity contribution in [1.82, 2.24) is 15.2 Å². The number of hydrogen-bond donors (Lipinski definition) is 1. The number of hydrogen-bond acceptors (Lipinski definition) is 4. The van der Waals surface area contributed by atoms with E-state index < -0.39 is 5.41 Å². The number of aromatic nitrogens is 1. The maximum Gasteiger partial charge on any atom is 0.225 e. The highest BCUT2D eigenvalue weighted by atomic mass is 16.3. The van der Waals surface area contributed by atoms with Gasteiger partial charge >= 0.3 is 0 Å². The molecule has 0 saturated carbocycles. The van der Waals surface area contributed by atoms with Gasteiger partial charge in [0.05, 0.1) is 18.3 Å². The summed E-state index contributed by atoms with van der Waals surface area (Å²) in [4.78, 5) is 20.0. The van der Waals surface area contributed by atoms with Crippen molar-refractivity contribution in [2.45, 2.75) is 78.9 Å². The molecule has 0 bridgehead atoms. The van der Waals surface area contributed by atoms with Crippen molar-refractivity contribution in [3.63, 3.8) is 0 Å². The van der Waals surface area contributed by atoms with Crippen LogP contribution in [-0.4, -0.2) is 28.4 Å². The number of piperidine rings is 1. The number of likely N-dealkylation sites (tertiary alicyclic amines) is 1. The van der Waals surface area contributed by atoms with Gasteiger partial charge in [-0.2, -0.15) is 0 Å². The number of rotatable bonds is 6. The van der Waals surface area contributed by atoms with Crippen LogP contribution in [0.2, 0.25) is 0 Å². The topological polar surface area (TPSA) is 58.4 Å². The first-order valence-electron chi connectivity index (χ1n) is 12.2. The second kappa shape index (κ2) is 9.68. The van der Waals surface area contributed by atoms with Crippen molar-refractivity contribution in [3.8, 4) is 0 Å². The van der Waals surface area contributed by atoms with Gasteiger partial charge in [0.25, 0.3) is 0 Å². The standard InChI is InChI=1S/C28H37N3O2/c1-19-12-13-25-22(16-19)20(2)26(33-25)18-31-15-9-7-10-21(31)17-24(23-11-6-8-14-29-23)30-27(32)28(3,4)5/h6,8,11-14,16,21,24H,7,9-10,15,17-18H2,1-5H3,(H,30,32)/t21-,24+/m1/s1. The molecule has 1 aliphatic rings. The molecule has 3 aromatic rings. The predicted molar refractivity (Wildman–Crippen MR) is 133 cm³/mol. The molecular weight excluding hydrogens is 410 g/mol. The maximum atomic E-state index is 12.9. The Morgan fingerprint density at radius 1 is 1.21 bits per heavy atom. The number of amides is 1. The van der Waals surface area contributed by atoms with Gasteiger partial charge in [-0.15, -0.1) is 0 Å². The zero-order valence-electron chi connectivity index (χ0n) is 20.6. The minimum absolute atomic E-state index is 0.0593. The first-order valence-corrected chi connectivity index (χ1v) is 12.2. The van der Waals surface area contributed by atoms with Crippen LogP contribution in [0.15, 0.2) is 47.0 Å². The molecule has 2 aromatic heterocycles. The van der Waals surface area contributed by atoms with Crippen molar-refractivity contribution in [2.75, 3.05) is 6.54 Å². The number of carbonyl (C=O) groups excluding carboxylic acids is 1. The number of furan rings is 1. The molecule has 0 radical (unpaired) electrons. The molecule has 1 saturated heterocycles. The molecule has 1 aliphatic heterocycles. The summed E-state index contributed by atoms with van der Waals surface area (Å²) in [6.45, 7) is 12.0. The van der Waals surface area contributed by atoms with Crippen LogP contribution >= 0.6 is 0 Å². The van der Waals surface area contributed by atoms with E-state index in [0.717, 1.165) is 43.0 Å². The largest absolute Gasteiger partial charge is 0.459 e. The van der Waals surface area contributed by atoms with Crippen LogP contribution in [0, 0.1) is 19.3 Å². The molecule has 0 aliphatic carbocycles. The average molecular weight is 448 g/mol. The van der Waals surface area contributed by atoms with Gasteiger partial charge in [0.15, 0.2) is 0 Å². The van der Waals surface area contributed by atoms with Crippen molar-refractivity contribution in [3.05, 3.63) is 65.2 Å². The summed E-state index contributed by atoms with van der Waals surface area (Å²) >= 11 is 0. The minimum Gasteiger partial charge on any atom is -0.459 e. The molecule has 0 unspecified atom stereocenters. The zero-order chi connectivity index (χ0) is 23.6. The lowest BCUT2D eigenvalue weighted by atomic mass is 9.91. The SMILES string of the molecule is Cc1ccc2oc(CN3CCCC[C@@H]3C[C@H](NC(=O)C(C)(C)C)c3ccccn3)c(C)c2c1. The van der Waals surface area contributed by atoms with E-state index in [1.165, 1.54) is 29.4 Å². The number of pyridine rings is 1. The highest BCUT2D eigenvalue weighted by molar-refractivity contribution is 5.83. The summed E-state index contributed by atoms with van der Waals surface area (Å²) in [5.41, 5.74) is 3.94. The summed E-state index contributed by atoms with van der Waals surface area (Å²) < 4.78 is 6.28. The van der Waals surface area contributed by atoms with Crippen LogP contribution in [0.4, 0.5) is 0 Å². The third-order valence-electron chi connectivity index (χ3n) is 6.83.